The van der Waals surface area contributed by atoms with E-state index >= 15 is 0 Å². The summed E-state index contributed by atoms with van der Waals surface area (Å²) >= 11 is 31.4. The van der Waals surface area contributed by atoms with E-state index in [9.17, 15) is 9.59 Å². The quantitative estimate of drug-likeness (QED) is 0.310. The average molecular weight is 584 g/mol. The van der Waals surface area contributed by atoms with Crippen LogP contribution in [0.25, 0.3) is 12.7 Å². The van der Waals surface area contributed by atoms with Gasteiger partial charge in [0.25, 0.3) is 5.91 Å². The van der Waals surface area contributed by atoms with Crippen LogP contribution in [0.4, 0.5) is 5.69 Å². The number of anilines is 1. The highest BCUT2D eigenvalue weighted by atomic mass is 35.5. The molecule has 4 rings (SSSR count). The molecule has 2 unspecified atom stereocenters. The van der Waals surface area contributed by atoms with Crippen LogP contribution in [0.1, 0.15) is 28.8 Å². The maximum Gasteiger partial charge on any atom is 0.257 e. The molecule has 0 saturated heterocycles. The monoisotopic (exact) mass is 581 g/mol. The Labute approximate surface area is 232 Å². The van der Waals surface area contributed by atoms with Gasteiger partial charge in [0.15, 0.2) is 0 Å². The lowest BCUT2D eigenvalue weighted by molar-refractivity contribution is -0.117. The normalized spacial score (nSPS) is 19.2. The molecule has 2 amide bonds. The van der Waals surface area contributed by atoms with E-state index < -0.39 is 28.0 Å². The molecule has 2 atom stereocenters. The number of rotatable bonds is 6. The number of carbonyl (C=O) groups excluding carboxylic acids is 2. The molecule has 2 aromatic carbocycles. The first-order valence-corrected chi connectivity index (χ1v) is 12.7. The number of carbonyl (C=O) groups is 2. The SMILES string of the molecule is C=c1[nH]cc/c1=C/C(=C\C)NC(=O)c1cc(NC(=O)C2C(c3cc(Cl)cc(Cl)c3)C2(Cl)Cl)ccc1Cl. The van der Waals surface area contributed by atoms with E-state index in [0.29, 0.717) is 27.0 Å². The van der Waals surface area contributed by atoms with Crippen molar-refractivity contribution in [2.75, 3.05) is 5.32 Å². The lowest BCUT2D eigenvalue weighted by Crippen LogP contribution is -2.26. The van der Waals surface area contributed by atoms with E-state index in [1.165, 1.54) is 12.1 Å². The van der Waals surface area contributed by atoms with Crippen molar-refractivity contribution >= 4 is 88.2 Å². The van der Waals surface area contributed by atoms with Gasteiger partial charge < -0.3 is 15.6 Å². The summed E-state index contributed by atoms with van der Waals surface area (Å²) in [5, 5.41) is 8.21. The second-order valence-corrected chi connectivity index (χ2v) is 11.0. The zero-order chi connectivity index (χ0) is 26.2. The molecule has 3 aromatic rings. The Bertz CT molecular complexity index is 1480. The van der Waals surface area contributed by atoms with Crippen LogP contribution in [0, 0.1) is 5.92 Å². The zero-order valence-electron chi connectivity index (χ0n) is 18.8. The third-order valence-corrected chi connectivity index (χ3v) is 7.51. The molecular weight excluding hydrogens is 564 g/mol. The van der Waals surface area contributed by atoms with E-state index in [0.717, 1.165) is 10.6 Å². The number of amides is 2. The summed E-state index contributed by atoms with van der Waals surface area (Å²) in [6.45, 7) is 5.70. The maximum absolute atomic E-state index is 13.0. The van der Waals surface area contributed by atoms with Crippen LogP contribution in [0.3, 0.4) is 0 Å². The Morgan fingerprint density at radius 2 is 1.75 bits per heavy atom. The Morgan fingerprint density at radius 1 is 1.06 bits per heavy atom. The van der Waals surface area contributed by atoms with Crippen molar-refractivity contribution in [3.8, 4) is 0 Å². The molecule has 0 aliphatic heterocycles. The van der Waals surface area contributed by atoms with Crippen LogP contribution < -0.4 is 21.2 Å². The summed E-state index contributed by atoms with van der Waals surface area (Å²) in [6.07, 6.45) is 5.29. The molecule has 5 nitrogen and oxygen atoms in total. The number of H-pyrrole nitrogens is 1. The summed E-state index contributed by atoms with van der Waals surface area (Å²) in [7, 11) is 0. The molecule has 1 fully saturated rings. The lowest BCUT2D eigenvalue weighted by Gasteiger charge is -2.11. The van der Waals surface area contributed by atoms with Gasteiger partial charge in [0, 0.05) is 44.1 Å². The zero-order valence-corrected chi connectivity index (χ0v) is 22.6. The second kappa shape index (κ2) is 10.5. The van der Waals surface area contributed by atoms with Crippen molar-refractivity contribution in [3.63, 3.8) is 0 Å². The van der Waals surface area contributed by atoms with Gasteiger partial charge in [-0.25, -0.2) is 0 Å². The minimum atomic E-state index is -1.33. The first-order valence-electron chi connectivity index (χ1n) is 10.8. The molecule has 0 radical (unpaired) electrons. The molecule has 1 aromatic heterocycles. The first kappa shape index (κ1) is 26.6. The van der Waals surface area contributed by atoms with Gasteiger partial charge in [0.05, 0.1) is 16.5 Å². The van der Waals surface area contributed by atoms with Crippen LogP contribution in [0.2, 0.25) is 15.1 Å². The molecule has 10 heteroatoms. The number of allylic oxidation sites excluding steroid dienone is 2. The highest BCUT2D eigenvalue weighted by Gasteiger charge is 2.67. The second-order valence-electron chi connectivity index (χ2n) is 8.27. The molecule has 36 heavy (non-hydrogen) atoms. The summed E-state index contributed by atoms with van der Waals surface area (Å²) in [6, 6.07) is 11.4. The number of aromatic amines is 1. The summed E-state index contributed by atoms with van der Waals surface area (Å²) in [5.74, 6) is -2.09. The fraction of sp³-hybridized carbons (Fsp3) is 0.154. The number of aromatic nitrogens is 1. The van der Waals surface area contributed by atoms with Crippen LogP contribution in [0.5, 0.6) is 0 Å². The highest BCUT2D eigenvalue weighted by Crippen LogP contribution is 2.65. The molecule has 0 bridgehead atoms. The molecule has 0 spiro atoms. The first-order chi connectivity index (χ1) is 17.0. The number of hydrogen-bond acceptors (Lipinski definition) is 2. The van der Waals surface area contributed by atoms with Crippen molar-refractivity contribution in [2.45, 2.75) is 17.2 Å². The molecule has 3 N–H and O–H groups in total. The van der Waals surface area contributed by atoms with Gasteiger partial charge >= 0.3 is 0 Å². The summed E-state index contributed by atoms with van der Waals surface area (Å²) < 4.78 is -1.33. The van der Waals surface area contributed by atoms with Gasteiger partial charge in [-0.2, -0.15) is 0 Å². The molecular formula is C26H20Cl5N3O2. The third-order valence-electron chi connectivity index (χ3n) is 5.81. The minimum Gasteiger partial charge on any atom is -0.362 e. The van der Waals surface area contributed by atoms with E-state index in [4.69, 9.17) is 58.0 Å². The largest absolute Gasteiger partial charge is 0.362 e. The van der Waals surface area contributed by atoms with Crippen molar-refractivity contribution in [2.24, 2.45) is 5.92 Å². The number of alkyl halides is 2. The number of nitrogens with one attached hydrogen (secondary N) is 3. The number of hydrogen-bond donors (Lipinski definition) is 3. The Kier molecular flexibility index (Phi) is 7.79. The van der Waals surface area contributed by atoms with Gasteiger partial charge in [-0.05, 0) is 61.0 Å². The molecule has 1 heterocycles. The standard InChI is InChI=1S/C26H20Cl5N3O2/c1-3-18(10-14-6-7-32-13(14)2)33-24(35)20-12-19(4-5-21(20)29)34-25(36)23-22(26(23,30)31)15-8-16(27)11-17(28)9-15/h3-12,22-23,32H,2H2,1H3,(H,33,35)(H,34,36)/b14-10-,18-3+. The van der Waals surface area contributed by atoms with Crippen molar-refractivity contribution in [1.82, 2.24) is 10.3 Å². The van der Waals surface area contributed by atoms with E-state index in [1.807, 2.05) is 6.07 Å². The van der Waals surface area contributed by atoms with E-state index in [2.05, 4.69) is 22.2 Å². The van der Waals surface area contributed by atoms with Crippen LogP contribution in [-0.4, -0.2) is 21.1 Å². The van der Waals surface area contributed by atoms with E-state index in [1.54, 1.807) is 49.5 Å². The van der Waals surface area contributed by atoms with Gasteiger partial charge in [0.2, 0.25) is 5.91 Å². The van der Waals surface area contributed by atoms with Crippen molar-refractivity contribution in [1.29, 1.82) is 0 Å². The van der Waals surface area contributed by atoms with Crippen molar-refractivity contribution in [3.05, 3.63) is 97.2 Å². The predicted molar refractivity (Wildman–Crippen MR) is 148 cm³/mol. The smallest absolute Gasteiger partial charge is 0.257 e. The topological polar surface area (TPSA) is 74.0 Å². The highest BCUT2D eigenvalue weighted by molar-refractivity contribution is 6.53. The fourth-order valence-corrected chi connectivity index (χ4v) is 5.50. The molecule has 1 aliphatic rings. The van der Waals surface area contributed by atoms with Gasteiger partial charge in [-0.1, -0.05) is 47.5 Å². The Hall–Kier alpha value is -2.41. The maximum atomic E-state index is 13.0. The average Bonchev–Trinajstić information content (AvgIpc) is 3.17. The summed E-state index contributed by atoms with van der Waals surface area (Å²) in [4.78, 5) is 29.0. The lowest BCUT2D eigenvalue weighted by atomic mass is 10.1. The Morgan fingerprint density at radius 3 is 2.36 bits per heavy atom. The Balaban J connectivity index is 1.51. The van der Waals surface area contributed by atoms with Crippen LogP contribution >= 0.6 is 58.0 Å². The van der Waals surface area contributed by atoms with Gasteiger partial charge in [-0.3, -0.25) is 9.59 Å². The van der Waals surface area contributed by atoms with E-state index in [-0.39, 0.29) is 10.6 Å². The summed E-state index contributed by atoms with van der Waals surface area (Å²) in [5.41, 5.74) is 1.77. The third kappa shape index (κ3) is 5.61. The van der Waals surface area contributed by atoms with Crippen LogP contribution in [0.15, 0.2) is 60.4 Å². The van der Waals surface area contributed by atoms with Crippen LogP contribution in [-0.2, 0) is 4.79 Å². The van der Waals surface area contributed by atoms with Gasteiger partial charge in [-0.15, -0.1) is 23.2 Å². The fourth-order valence-electron chi connectivity index (χ4n) is 3.93. The minimum absolute atomic E-state index is 0.183. The number of benzene rings is 2. The molecule has 1 aliphatic carbocycles. The molecule has 1 saturated carbocycles. The van der Waals surface area contributed by atoms with Crippen molar-refractivity contribution < 1.29 is 9.59 Å². The predicted octanol–water partition coefficient (Wildman–Crippen LogP) is 6.03. The number of halogens is 5. The van der Waals surface area contributed by atoms with Gasteiger partial charge in [0.1, 0.15) is 4.33 Å². The molecule has 186 valence electrons.